The Kier molecular flexibility index (Phi) is 3.65. The van der Waals surface area contributed by atoms with Crippen molar-refractivity contribution >= 4 is 34.3 Å². The largest absolute Gasteiger partial charge is 0.431 e. The van der Waals surface area contributed by atoms with E-state index < -0.39 is 4.92 Å². The SMILES string of the molecule is Cc1cc(C)n2cc(CSc3nc4cc([N+](=O)[O-])ccc4o3)nc2n1. The van der Waals surface area contributed by atoms with E-state index in [0.29, 0.717) is 27.9 Å². The molecule has 9 heteroatoms. The molecule has 0 fully saturated rings. The van der Waals surface area contributed by atoms with Crippen molar-refractivity contribution < 1.29 is 9.34 Å². The molecule has 0 aliphatic rings. The van der Waals surface area contributed by atoms with E-state index in [-0.39, 0.29) is 5.69 Å². The Balaban J connectivity index is 1.57. The molecular formula is C16H13N5O3S. The van der Waals surface area contributed by atoms with Crippen molar-refractivity contribution in [3.8, 4) is 0 Å². The highest BCUT2D eigenvalue weighted by Crippen LogP contribution is 2.28. The first-order valence-electron chi connectivity index (χ1n) is 7.49. The molecule has 0 bridgehead atoms. The monoisotopic (exact) mass is 355 g/mol. The number of fused-ring (bicyclic) bond motifs is 2. The summed E-state index contributed by atoms with van der Waals surface area (Å²) in [5, 5.41) is 11.3. The fourth-order valence-electron chi connectivity index (χ4n) is 2.59. The molecule has 0 saturated carbocycles. The minimum Gasteiger partial charge on any atom is -0.431 e. The number of rotatable bonds is 4. The van der Waals surface area contributed by atoms with Gasteiger partial charge in [-0.05, 0) is 26.0 Å². The first-order valence-corrected chi connectivity index (χ1v) is 8.48. The van der Waals surface area contributed by atoms with E-state index in [1.54, 1.807) is 6.07 Å². The molecule has 4 aromatic rings. The quantitative estimate of drug-likeness (QED) is 0.313. The average molecular weight is 355 g/mol. The highest BCUT2D eigenvalue weighted by Gasteiger charge is 2.13. The van der Waals surface area contributed by atoms with Crippen molar-refractivity contribution in [2.75, 3.05) is 0 Å². The first kappa shape index (κ1) is 15.6. The smallest absolute Gasteiger partial charge is 0.271 e. The van der Waals surface area contributed by atoms with Crippen LogP contribution in [0.3, 0.4) is 0 Å². The number of oxazole rings is 1. The van der Waals surface area contributed by atoms with Crippen LogP contribution in [0.1, 0.15) is 17.1 Å². The van der Waals surface area contributed by atoms with E-state index in [0.717, 1.165) is 17.1 Å². The van der Waals surface area contributed by atoms with Crippen molar-refractivity contribution in [2.45, 2.75) is 24.8 Å². The van der Waals surface area contributed by atoms with Gasteiger partial charge in [0.1, 0.15) is 5.52 Å². The first-order chi connectivity index (χ1) is 12.0. The van der Waals surface area contributed by atoms with E-state index in [1.807, 2.05) is 30.5 Å². The van der Waals surface area contributed by atoms with Gasteiger partial charge in [-0.1, -0.05) is 11.8 Å². The summed E-state index contributed by atoms with van der Waals surface area (Å²) < 4.78 is 7.56. The molecule has 0 amide bonds. The molecule has 0 aliphatic carbocycles. The van der Waals surface area contributed by atoms with E-state index in [4.69, 9.17) is 4.42 Å². The molecule has 4 rings (SSSR count). The lowest BCUT2D eigenvalue weighted by atomic mass is 10.3. The van der Waals surface area contributed by atoms with Crippen LogP contribution in [0.2, 0.25) is 0 Å². The molecular weight excluding hydrogens is 342 g/mol. The maximum atomic E-state index is 10.8. The Morgan fingerprint density at radius 2 is 2.08 bits per heavy atom. The van der Waals surface area contributed by atoms with Crippen molar-refractivity contribution in [3.05, 3.63) is 57.7 Å². The number of imidazole rings is 1. The van der Waals surface area contributed by atoms with Gasteiger partial charge in [-0.2, -0.15) is 0 Å². The maximum absolute atomic E-state index is 10.8. The number of thioether (sulfide) groups is 1. The number of nitro benzene ring substituents is 1. The molecule has 0 radical (unpaired) electrons. The highest BCUT2D eigenvalue weighted by molar-refractivity contribution is 7.98. The lowest BCUT2D eigenvalue weighted by molar-refractivity contribution is -0.384. The summed E-state index contributed by atoms with van der Waals surface area (Å²) in [6, 6.07) is 6.37. The van der Waals surface area contributed by atoms with Gasteiger partial charge in [0, 0.05) is 35.5 Å². The molecule has 0 unspecified atom stereocenters. The van der Waals surface area contributed by atoms with E-state index in [9.17, 15) is 10.1 Å². The molecule has 25 heavy (non-hydrogen) atoms. The minimum atomic E-state index is -0.449. The number of nitrogens with zero attached hydrogens (tertiary/aromatic N) is 5. The third-order valence-electron chi connectivity index (χ3n) is 3.72. The van der Waals surface area contributed by atoms with E-state index in [1.165, 1.54) is 23.9 Å². The number of benzene rings is 1. The fraction of sp³-hybridized carbons (Fsp3) is 0.188. The molecule has 0 N–H and O–H groups in total. The second-order valence-electron chi connectivity index (χ2n) is 5.62. The summed E-state index contributed by atoms with van der Waals surface area (Å²) in [7, 11) is 0. The van der Waals surface area contributed by atoms with Gasteiger partial charge in [0.25, 0.3) is 10.9 Å². The van der Waals surface area contributed by atoms with Gasteiger partial charge in [-0.3, -0.25) is 14.5 Å². The summed E-state index contributed by atoms with van der Waals surface area (Å²) >= 11 is 1.39. The zero-order valence-corrected chi connectivity index (χ0v) is 14.3. The summed E-state index contributed by atoms with van der Waals surface area (Å²) in [5.74, 6) is 1.23. The molecule has 0 saturated heterocycles. The summed E-state index contributed by atoms with van der Waals surface area (Å²) in [6.07, 6.45) is 1.94. The van der Waals surface area contributed by atoms with Crippen LogP contribution in [0.5, 0.6) is 0 Å². The molecule has 0 aliphatic heterocycles. The average Bonchev–Trinajstić information content (AvgIpc) is 3.15. The Hall–Kier alpha value is -2.94. The van der Waals surface area contributed by atoms with Crippen LogP contribution in [0.15, 0.2) is 40.1 Å². The second-order valence-corrected chi connectivity index (χ2v) is 6.55. The summed E-state index contributed by atoms with van der Waals surface area (Å²) in [6.45, 7) is 3.95. The van der Waals surface area contributed by atoms with E-state index >= 15 is 0 Å². The minimum absolute atomic E-state index is 0.00498. The number of aromatic nitrogens is 4. The third kappa shape index (κ3) is 2.93. The van der Waals surface area contributed by atoms with Crippen LogP contribution in [-0.2, 0) is 5.75 Å². The lowest BCUT2D eigenvalue weighted by Crippen LogP contribution is -1.94. The predicted molar refractivity (Wildman–Crippen MR) is 92.7 cm³/mol. The molecule has 126 valence electrons. The topological polar surface area (TPSA) is 99.4 Å². The van der Waals surface area contributed by atoms with Crippen LogP contribution in [0.4, 0.5) is 5.69 Å². The predicted octanol–water partition coefficient (Wildman–Crippen LogP) is 3.69. The molecule has 0 atom stereocenters. The number of hydrogen-bond acceptors (Lipinski definition) is 7. The van der Waals surface area contributed by atoms with Crippen LogP contribution >= 0.6 is 11.8 Å². The second kappa shape index (κ2) is 5.85. The van der Waals surface area contributed by atoms with Gasteiger partial charge < -0.3 is 4.42 Å². The molecule has 1 aromatic carbocycles. The van der Waals surface area contributed by atoms with Crippen LogP contribution in [0, 0.1) is 24.0 Å². The van der Waals surface area contributed by atoms with Gasteiger partial charge in [-0.15, -0.1) is 0 Å². The van der Waals surface area contributed by atoms with Crippen molar-refractivity contribution in [3.63, 3.8) is 0 Å². The fourth-order valence-corrected chi connectivity index (χ4v) is 3.32. The third-order valence-corrected chi connectivity index (χ3v) is 4.58. The van der Waals surface area contributed by atoms with Gasteiger partial charge >= 0.3 is 0 Å². The van der Waals surface area contributed by atoms with Crippen molar-refractivity contribution in [2.24, 2.45) is 0 Å². The number of aryl methyl sites for hydroxylation is 2. The zero-order valence-electron chi connectivity index (χ0n) is 13.5. The Morgan fingerprint density at radius 3 is 2.88 bits per heavy atom. The molecule has 0 spiro atoms. The van der Waals surface area contributed by atoms with Gasteiger partial charge in [0.2, 0.25) is 5.78 Å². The summed E-state index contributed by atoms with van der Waals surface area (Å²) in [5.41, 5.74) is 3.85. The molecule has 3 heterocycles. The highest BCUT2D eigenvalue weighted by atomic mass is 32.2. The summed E-state index contributed by atoms with van der Waals surface area (Å²) in [4.78, 5) is 23.6. The van der Waals surface area contributed by atoms with Gasteiger partial charge in [-0.25, -0.2) is 15.0 Å². The van der Waals surface area contributed by atoms with Gasteiger partial charge in [0.15, 0.2) is 5.58 Å². The standard InChI is InChI=1S/C16H13N5O3S/c1-9-5-10(2)20-7-11(18-15(20)17-9)8-25-16-19-13-6-12(21(22)23)3-4-14(13)24-16/h3-7H,8H2,1-2H3. The Bertz CT molecular complexity index is 1120. The molecule has 3 aromatic heterocycles. The van der Waals surface area contributed by atoms with Crippen molar-refractivity contribution in [1.29, 1.82) is 0 Å². The maximum Gasteiger partial charge on any atom is 0.271 e. The van der Waals surface area contributed by atoms with Crippen LogP contribution < -0.4 is 0 Å². The Morgan fingerprint density at radius 1 is 1.24 bits per heavy atom. The van der Waals surface area contributed by atoms with Crippen molar-refractivity contribution in [1.82, 2.24) is 19.4 Å². The van der Waals surface area contributed by atoms with Crippen LogP contribution in [-0.4, -0.2) is 24.3 Å². The number of non-ortho nitro benzene ring substituents is 1. The lowest BCUT2D eigenvalue weighted by Gasteiger charge is -1.98. The van der Waals surface area contributed by atoms with Gasteiger partial charge in [0.05, 0.1) is 10.6 Å². The number of hydrogen-bond donors (Lipinski definition) is 0. The number of nitro groups is 1. The molecule has 8 nitrogen and oxygen atoms in total. The Labute approximate surface area is 146 Å². The van der Waals surface area contributed by atoms with E-state index in [2.05, 4.69) is 15.0 Å². The van der Waals surface area contributed by atoms with Crippen LogP contribution in [0.25, 0.3) is 16.9 Å². The zero-order chi connectivity index (χ0) is 17.6. The normalized spacial score (nSPS) is 11.4.